The smallest absolute Gasteiger partial charge is 0.0589 e. The molecule has 0 amide bonds. The Morgan fingerprint density at radius 2 is 1.89 bits per heavy atom. The van der Waals surface area contributed by atoms with Gasteiger partial charge in [-0.1, -0.05) is 6.92 Å². The molecule has 0 saturated heterocycles. The van der Waals surface area contributed by atoms with Crippen molar-refractivity contribution in [1.29, 1.82) is 0 Å². The Hall–Kier alpha value is -0.120. The highest BCUT2D eigenvalue weighted by Crippen LogP contribution is 2.38. The summed E-state index contributed by atoms with van der Waals surface area (Å²) in [4.78, 5) is 2.63. The molecule has 0 spiro atoms. The van der Waals surface area contributed by atoms with E-state index in [0.717, 1.165) is 24.9 Å². The third kappa shape index (κ3) is 3.32. The number of ether oxygens (including phenoxy) is 1. The molecule has 2 rings (SSSR count). The minimum Gasteiger partial charge on any atom is -0.381 e. The molecule has 112 valence electrons. The first-order valence-corrected chi connectivity index (χ1v) is 8.07. The number of rotatable bonds is 4. The van der Waals surface area contributed by atoms with E-state index in [9.17, 15) is 0 Å². The lowest BCUT2D eigenvalue weighted by atomic mass is 9.76. The quantitative estimate of drug-likeness (QED) is 0.852. The first-order chi connectivity index (χ1) is 9.11. The number of hydrogen-bond donors (Lipinski definition) is 1. The number of methoxy groups -OCH3 is 1. The van der Waals surface area contributed by atoms with Crippen LogP contribution in [-0.2, 0) is 4.74 Å². The standard InChI is InChI=1S/C16H32N2O/c1-13-6-8-14(9-7-13)18(2)16(12-17)10-4-5-15(11-16)19-3/h13-15H,4-12,17H2,1-3H3. The summed E-state index contributed by atoms with van der Waals surface area (Å²) in [5, 5.41) is 0. The SMILES string of the molecule is COC1CCCC(CN)(N(C)C2CCC(C)CC2)C1. The highest BCUT2D eigenvalue weighted by Gasteiger charge is 2.41. The molecule has 2 unspecified atom stereocenters. The van der Waals surface area contributed by atoms with Crippen molar-refractivity contribution < 1.29 is 4.74 Å². The van der Waals surface area contributed by atoms with Crippen molar-refractivity contribution in [3.63, 3.8) is 0 Å². The summed E-state index contributed by atoms with van der Waals surface area (Å²) in [7, 11) is 4.16. The number of nitrogens with two attached hydrogens (primary N) is 1. The van der Waals surface area contributed by atoms with Gasteiger partial charge in [-0.15, -0.1) is 0 Å². The van der Waals surface area contributed by atoms with E-state index >= 15 is 0 Å². The van der Waals surface area contributed by atoms with E-state index in [1.807, 2.05) is 7.11 Å². The van der Waals surface area contributed by atoms with Gasteiger partial charge in [0.1, 0.15) is 0 Å². The van der Waals surface area contributed by atoms with Gasteiger partial charge in [0, 0.05) is 25.2 Å². The van der Waals surface area contributed by atoms with Gasteiger partial charge in [0.25, 0.3) is 0 Å². The van der Waals surface area contributed by atoms with Crippen LogP contribution in [0.2, 0.25) is 0 Å². The first-order valence-electron chi connectivity index (χ1n) is 8.07. The molecular formula is C16H32N2O. The van der Waals surface area contributed by atoms with E-state index in [2.05, 4.69) is 18.9 Å². The minimum absolute atomic E-state index is 0.185. The summed E-state index contributed by atoms with van der Waals surface area (Å²) >= 11 is 0. The van der Waals surface area contributed by atoms with Crippen LogP contribution in [0.1, 0.15) is 58.3 Å². The third-order valence-electron chi connectivity index (χ3n) is 5.77. The zero-order chi connectivity index (χ0) is 13.9. The van der Waals surface area contributed by atoms with Crippen molar-refractivity contribution in [3.8, 4) is 0 Å². The largest absolute Gasteiger partial charge is 0.381 e. The fourth-order valence-corrected chi connectivity index (χ4v) is 4.15. The van der Waals surface area contributed by atoms with Crippen LogP contribution in [0.3, 0.4) is 0 Å². The van der Waals surface area contributed by atoms with Crippen LogP contribution in [0, 0.1) is 5.92 Å². The van der Waals surface area contributed by atoms with Crippen molar-refractivity contribution in [2.24, 2.45) is 11.7 Å². The summed E-state index contributed by atoms with van der Waals surface area (Å²) in [6.07, 6.45) is 10.7. The summed E-state index contributed by atoms with van der Waals surface area (Å²) in [6, 6.07) is 0.732. The van der Waals surface area contributed by atoms with Crippen molar-refractivity contribution in [3.05, 3.63) is 0 Å². The molecule has 0 aliphatic heterocycles. The molecule has 0 heterocycles. The molecule has 2 N–H and O–H groups in total. The van der Waals surface area contributed by atoms with Crippen LogP contribution in [0.4, 0.5) is 0 Å². The van der Waals surface area contributed by atoms with Gasteiger partial charge < -0.3 is 10.5 Å². The van der Waals surface area contributed by atoms with Crippen LogP contribution < -0.4 is 5.73 Å². The highest BCUT2D eigenvalue weighted by molar-refractivity contribution is 4.98. The summed E-state index contributed by atoms with van der Waals surface area (Å²) in [5.74, 6) is 0.913. The van der Waals surface area contributed by atoms with E-state index in [1.54, 1.807) is 0 Å². The fourth-order valence-electron chi connectivity index (χ4n) is 4.15. The van der Waals surface area contributed by atoms with Gasteiger partial charge in [-0.2, -0.15) is 0 Å². The zero-order valence-electron chi connectivity index (χ0n) is 13.0. The molecule has 2 saturated carbocycles. The molecule has 19 heavy (non-hydrogen) atoms. The van der Waals surface area contributed by atoms with Gasteiger partial charge in [0.2, 0.25) is 0 Å². The lowest BCUT2D eigenvalue weighted by Crippen LogP contribution is -2.59. The van der Waals surface area contributed by atoms with Gasteiger partial charge in [-0.3, -0.25) is 4.90 Å². The summed E-state index contributed by atoms with van der Waals surface area (Å²) < 4.78 is 5.62. The summed E-state index contributed by atoms with van der Waals surface area (Å²) in [5.41, 5.74) is 6.38. The van der Waals surface area contributed by atoms with Crippen molar-refractivity contribution in [2.45, 2.75) is 76.0 Å². The first kappa shape index (κ1) is 15.3. The molecule has 0 radical (unpaired) electrons. The number of hydrogen-bond acceptors (Lipinski definition) is 3. The van der Waals surface area contributed by atoms with Crippen LogP contribution in [0.15, 0.2) is 0 Å². The Balaban J connectivity index is 2.03. The Bertz CT molecular complexity index is 276. The van der Waals surface area contributed by atoms with E-state index in [0.29, 0.717) is 6.10 Å². The van der Waals surface area contributed by atoms with Crippen molar-refractivity contribution in [2.75, 3.05) is 20.7 Å². The average Bonchev–Trinajstić information content (AvgIpc) is 2.47. The summed E-state index contributed by atoms with van der Waals surface area (Å²) in [6.45, 7) is 3.16. The van der Waals surface area contributed by atoms with Crippen molar-refractivity contribution in [1.82, 2.24) is 4.90 Å². The Morgan fingerprint density at radius 3 is 2.47 bits per heavy atom. The zero-order valence-corrected chi connectivity index (χ0v) is 13.0. The molecule has 3 heteroatoms. The second-order valence-corrected chi connectivity index (χ2v) is 6.91. The maximum absolute atomic E-state index is 6.19. The van der Waals surface area contributed by atoms with Gasteiger partial charge in [0.15, 0.2) is 0 Å². The molecule has 2 aliphatic rings. The normalized spacial score (nSPS) is 40.6. The lowest BCUT2D eigenvalue weighted by Gasteiger charge is -2.50. The van der Waals surface area contributed by atoms with E-state index in [-0.39, 0.29) is 5.54 Å². The second-order valence-electron chi connectivity index (χ2n) is 6.91. The molecule has 2 aliphatic carbocycles. The van der Waals surface area contributed by atoms with Crippen molar-refractivity contribution >= 4 is 0 Å². The Morgan fingerprint density at radius 1 is 1.21 bits per heavy atom. The predicted octanol–water partition coefficient (Wildman–Crippen LogP) is 2.78. The molecule has 0 bridgehead atoms. The van der Waals surface area contributed by atoms with Gasteiger partial charge >= 0.3 is 0 Å². The van der Waals surface area contributed by atoms with Crippen LogP contribution in [0.5, 0.6) is 0 Å². The predicted molar refractivity (Wildman–Crippen MR) is 80.2 cm³/mol. The number of likely N-dealkylation sites (N-methyl/N-ethyl adjacent to an activating group) is 1. The fraction of sp³-hybridized carbons (Fsp3) is 1.00. The van der Waals surface area contributed by atoms with E-state index < -0.39 is 0 Å². The van der Waals surface area contributed by atoms with Gasteiger partial charge in [-0.25, -0.2) is 0 Å². The van der Waals surface area contributed by atoms with Crippen LogP contribution in [-0.4, -0.2) is 43.3 Å². The molecule has 0 aromatic heterocycles. The van der Waals surface area contributed by atoms with E-state index in [4.69, 9.17) is 10.5 Å². The molecule has 0 aromatic carbocycles. The third-order valence-corrected chi connectivity index (χ3v) is 5.77. The molecular weight excluding hydrogens is 236 g/mol. The molecule has 3 nitrogen and oxygen atoms in total. The Labute approximate surface area is 118 Å². The average molecular weight is 268 g/mol. The Kier molecular flexibility index (Phi) is 5.27. The van der Waals surface area contributed by atoms with Gasteiger partial charge in [-0.05, 0) is 64.3 Å². The maximum Gasteiger partial charge on any atom is 0.0589 e. The monoisotopic (exact) mass is 268 g/mol. The topological polar surface area (TPSA) is 38.5 Å². The minimum atomic E-state index is 0.185. The lowest BCUT2D eigenvalue weighted by molar-refractivity contribution is -0.0357. The molecule has 2 atom stereocenters. The number of nitrogens with zero attached hydrogens (tertiary/aromatic N) is 1. The van der Waals surface area contributed by atoms with Gasteiger partial charge in [0.05, 0.1) is 6.10 Å². The molecule has 2 fully saturated rings. The molecule has 0 aromatic rings. The highest BCUT2D eigenvalue weighted by atomic mass is 16.5. The van der Waals surface area contributed by atoms with Crippen LogP contribution in [0.25, 0.3) is 0 Å². The second kappa shape index (κ2) is 6.55. The van der Waals surface area contributed by atoms with E-state index in [1.165, 1.54) is 44.9 Å². The maximum atomic E-state index is 6.19. The van der Waals surface area contributed by atoms with Crippen LogP contribution >= 0.6 is 0 Å².